The van der Waals surface area contributed by atoms with E-state index in [-0.39, 0.29) is 28.2 Å². The van der Waals surface area contributed by atoms with Crippen LogP contribution in [-0.4, -0.2) is 5.11 Å². The van der Waals surface area contributed by atoms with E-state index in [0.717, 1.165) is 10.8 Å². The number of phenols is 1. The first-order valence-electron chi connectivity index (χ1n) is 3.86. The second-order valence-corrected chi connectivity index (χ2v) is 2.78. The van der Waals surface area contributed by atoms with Crippen molar-refractivity contribution in [1.82, 2.24) is 0 Å². The molecule has 1 radical (unpaired) electrons. The fourth-order valence-corrected chi connectivity index (χ4v) is 1.29. The summed E-state index contributed by atoms with van der Waals surface area (Å²) in [7, 11) is 0. The molecule has 0 spiro atoms. The van der Waals surface area contributed by atoms with Gasteiger partial charge in [0.05, 0.1) is 0 Å². The zero-order valence-electron chi connectivity index (χ0n) is 7.10. The molecule has 1 N–H and O–H groups in total. The van der Waals surface area contributed by atoms with Crippen LogP contribution in [-0.2, 0) is 16.8 Å². The van der Waals surface area contributed by atoms with E-state index < -0.39 is 0 Å². The minimum atomic E-state index is -0.0753. The minimum Gasteiger partial charge on any atom is -0.506 e. The van der Waals surface area contributed by atoms with E-state index in [1.54, 1.807) is 6.07 Å². The average molecular weight is 232 g/mol. The van der Waals surface area contributed by atoms with E-state index in [4.69, 9.17) is 0 Å². The van der Waals surface area contributed by atoms with Crippen molar-refractivity contribution in [1.29, 1.82) is 0 Å². The molecule has 2 aromatic rings. The maximum atomic E-state index is 10.3. The average Bonchev–Trinajstić information content (AvgIpc) is 2.17. The van der Waals surface area contributed by atoms with Gasteiger partial charge < -0.3 is 5.11 Å². The first kappa shape index (κ1) is 10.7. The van der Waals surface area contributed by atoms with Gasteiger partial charge in [0, 0.05) is 16.8 Å². The van der Waals surface area contributed by atoms with Gasteiger partial charge in [-0.3, -0.25) is 0 Å². The Hall–Kier alpha value is -1.39. The van der Waals surface area contributed by atoms with Crippen molar-refractivity contribution in [3.05, 3.63) is 41.3 Å². The van der Waals surface area contributed by atoms with Crippen LogP contribution < -0.4 is 0 Å². The number of phenolic OH excluding ortho intramolecular Hbond substituents is 1. The molecule has 0 amide bonds. The van der Waals surface area contributed by atoms with Gasteiger partial charge in [0.2, 0.25) is 0 Å². The number of hydrogen-bond acceptors (Lipinski definition) is 3. The third-order valence-electron chi connectivity index (χ3n) is 1.94. The van der Waals surface area contributed by atoms with Gasteiger partial charge in [-0.05, 0) is 28.1 Å². The van der Waals surface area contributed by atoms with Gasteiger partial charge >= 0.3 is 0 Å². The van der Waals surface area contributed by atoms with Crippen LogP contribution in [0.4, 0.5) is 5.69 Å². The van der Waals surface area contributed by atoms with E-state index >= 15 is 0 Å². The Morgan fingerprint density at radius 1 is 1.07 bits per heavy atom. The fraction of sp³-hybridized carbons (Fsp3) is 0. The van der Waals surface area contributed by atoms with Gasteiger partial charge in [-0.1, -0.05) is 24.3 Å². The molecule has 2 rings (SSSR count). The summed E-state index contributed by atoms with van der Waals surface area (Å²) in [6, 6.07) is 10.6. The standard InChI is InChI=1S/C10H7NO2.Co/c12-10-6-8-4-2-1-3-7(8)5-9(10)11-13;/h1-6,12H;. The molecule has 0 heterocycles. The molecule has 3 nitrogen and oxygen atoms in total. The summed E-state index contributed by atoms with van der Waals surface area (Å²) in [5.41, 5.74) is 0.0821. The van der Waals surface area contributed by atoms with Gasteiger partial charge in [0.15, 0.2) is 0 Å². The van der Waals surface area contributed by atoms with Crippen LogP contribution in [0.15, 0.2) is 41.6 Å². The summed E-state index contributed by atoms with van der Waals surface area (Å²) in [5.74, 6) is -0.0753. The molecular formula is C10H7CoNO2. The van der Waals surface area contributed by atoms with Crippen LogP contribution >= 0.6 is 0 Å². The Morgan fingerprint density at radius 2 is 1.64 bits per heavy atom. The van der Waals surface area contributed by atoms with Gasteiger partial charge in [0.1, 0.15) is 11.4 Å². The second-order valence-electron chi connectivity index (χ2n) is 2.78. The molecule has 0 atom stereocenters. The minimum absolute atomic E-state index is 0. The van der Waals surface area contributed by atoms with Crippen LogP contribution in [0.2, 0.25) is 0 Å². The summed E-state index contributed by atoms with van der Waals surface area (Å²) in [6.45, 7) is 0. The molecule has 0 bridgehead atoms. The number of hydrogen-bond donors (Lipinski definition) is 1. The molecule has 0 saturated carbocycles. The molecule has 0 aliphatic rings. The molecule has 2 aromatic carbocycles. The van der Waals surface area contributed by atoms with E-state index in [0.29, 0.717) is 0 Å². The van der Waals surface area contributed by atoms with Crippen molar-refractivity contribution < 1.29 is 21.9 Å². The topological polar surface area (TPSA) is 49.7 Å². The van der Waals surface area contributed by atoms with Crippen molar-refractivity contribution in [2.75, 3.05) is 0 Å². The Morgan fingerprint density at radius 3 is 2.21 bits per heavy atom. The number of nitrogens with zero attached hydrogens (tertiary/aromatic N) is 1. The second kappa shape index (κ2) is 4.21. The third-order valence-corrected chi connectivity index (χ3v) is 1.94. The number of nitroso groups, excluding NO2 is 1. The van der Waals surface area contributed by atoms with Crippen molar-refractivity contribution >= 4 is 16.5 Å². The molecular weight excluding hydrogens is 225 g/mol. The summed E-state index contributed by atoms with van der Waals surface area (Å²) < 4.78 is 0. The predicted octanol–water partition coefficient (Wildman–Crippen LogP) is 2.94. The van der Waals surface area contributed by atoms with Gasteiger partial charge in [-0.15, -0.1) is 4.91 Å². The van der Waals surface area contributed by atoms with Crippen molar-refractivity contribution in [2.24, 2.45) is 5.18 Å². The molecule has 73 valence electrons. The van der Waals surface area contributed by atoms with Gasteiger partial charge in [-0.25, -0.2) is 0 Å². The molecule has 0 saturated heterocycles. The quantitative estimate of drug-likeness (QED) is 0.768. The molecule has 0 fully saturated rings. The van der Waals surface area contributed by atoms with Crippen LogP contribution in [0.1, 0.15) is 0 Å². The number of fused-ring (bicyclic) bond motifs is 1. The Kier molecular flexibility index (Phi) is 3.21. The Labute approximate surface area is 90.9 Å². The molecule has 0 aromatic heterocycles. The van der Waals surface area contributed by atoms with Crippen LogP contribution in [0.25, 0.3) is 10.8 Å². The van der Waals surface area contributed by atoms with Crippen molar-refractivity contribution in [2.45, 2.75) is 0 Å². The summed E-state index contributed by atoms with van der Waals surface area (Å²) in [5, 5.41) is 13.8. The van der Waals surface area contributed by atoms with Crippen LogP contribution in [0.5, 0.6) is 5.75 Å². The monoisotopic (exact) mass is 232 g/mol. The van der Waals surface area contributed by atoms with E-state index in [1.165, 1.54) is 6.07 Å². The molecule has 14 heavy (non-hydrogen) atoms. The predicted molar refractivity (Wildman–Crippen MR) is 51.1 cm³/mol. The Balaban J connectivity index is 0.000000980. The number of aromatic hydroxyl groups is 1. The first-order valence-corrected chi connectivity index (χ1v) is 3.86. The normalized spacial score (nSPS) is 9.43. The van der Waals surface area contributed by atoms with Crippen molar-refractivity contribution in [3.63, 3.8) is 0 Å². The van der Waals surface area contributed by atoms with Crippen molar-refractivity contribution in [3.8, 4) is 5.75 Å². The SMILES string of the molecule is O=Nc1cc2ccccc2cc1O.[Co]. The van der Waals surface area contributed by atoms with Gasteiger partial charge in [0.25, 0.3) is 0 Å². The number of benzene rings is 2. The molecule has 0 unspecified atom stereocenters. The zero-order valence-corrected chi connectivity index (χ0v) is 8.14. The summed E-state index contributed by atoms with van der Waals surface area (Å²) in [4.78, 5) is 10.3. The first-order chi connectivity index (χ1) is 6.31. The molecule has 0 aliphatic heterocycles. The van der Waals surface area contributed by atoms with E-state index in [2.05, 4.69) is 5.18 Å². The van der Waals surface area contributed by atoms with E-state index in [9.17, 15) is 10.0 Å². The summed E-state index contributed by atoms with van der Waals surface area (Å²) in [6.07, 6.45) is 0. The smallest absolute Gasteiger partial charge is 0.150 e. The fourth-order valence-electron chi connectivity index (χ4n) is 1.29. The zero-order chi connectivity index (χ0) is 9.26. The third kappa shape index (κ3) is 1.76. The molecule has 0 aliphatic carbocycles. The largest absolute Gasteiger partial charge is 0.506 e. The van der Waals surface area contributed by atoms with Crippen LogP contribution in [0.3, 0.4) is 0 Å². The summed E-state index contributed by atoms with van der Waals surface area (Å²) >= 11 is 0. The molecule has 4 heteroatoms. The maximum Gasteiger partial charge on any atom is 0.150 e. The van der Waals surface area contributed by atoms with Crippen LogP contribution in [0, 0.1) is 4.91 Å². The maximum absolute atomic E-state index is 10.3. The number of rotatable bonds is 1. The Bertz CT molecular complexity index is 471. The van der Waals surface area contributed by atoms with Gasteiger partial charge in [-0.2, -0.15) is 0 Å². The van der Waals surface area contributed by atoms with E-state index in [1.807, 2.05) is 24.3 Å².